The molecule has 3 fully saturated rings. The van der Waals surface area contributed by atoms with E-state index in [2.05, 4.69) is 19.1 Å². The molecule has 3 saturated carbocycles. The van der Waals surface area contributed by atoms with Gasteiger partial charge < -0.3 is 9.84 Å². The fourth-order valence-corrected chi connectivity index (χ4v) is 11.9. The first-order valence-corrected chi connectivity index (χ1v) is 20.5. The molecule has 7 rings (SSSR count). The lowest BCUT2D eigenvalue weighted by atomic mass is 9.45. The Bertz CT molecular complexity index is 1760. The second-order valence-electron chi connectivity index (χ2n) is 16.1. The van der Waals surface area contributed by atoms with Gasteiger partial charge in [-0.3, -0.25) is 4.18 Å². The van der Waals surface area contributed by atoms with Crippen LogP contribution in [-0.4, -0.2) is 31.7 Å². The van der Waals surface area contributed by atoms with Gasteiger partial charge in [-0.15, -0.1) is 0 Å². The first kappa shape index (κ1) is 35.4. The topological polar surface area (TPSA) is 89.9 Å². The smallest absolute Gasteiger partial charge is 0.343 e. The third-order valence-electron chi connectivity index (χ3n) is 13.6. The lowest BCUT2D eigenvalue weighted by molar-refractivity contribution is -0.121. The largest absolute Gasteiger partial charge is 0.423 e. The molecule has 50 heavy (non-hydrogen) atoms. The molecule has 268 valence electrons. The van der Waals surface area contributed by atoms with E-state index < -0.39 is 15.7 Å². The molecule has 0 aliphatic heterocycles. The molecular weight excluding hydrogens is 645 g/mol. The predicted octanol–water partition coefficient (Wildman–Crippen LogP) is 9.72. The van der Waals surface area contributed by atoms with Gasteiger partial charge in [-0.05, 0) is 135 Å². The Morgan fingerprint density at radius 3 is 2.26 bits per heavy atom. The van der Waals surface area contributed by atoms with Crippen molar-refractivity contribution < 1.29 is 27.2 Å². The van der Waals surface area contributed by atoms with E-state index in [1.165, 1.54) is 36.8 Å². The number of fused-ring (bicyclic) bond motifs is 3. The van der Waals surface area contributed by atoms with Gasteiger partial charge in [0.1, 0.15) is 5.75 Å². The normalized spacial score (nSPS) is 29.6. The minimum Gasteiger partial charge on any atom is -0.423 e. The first-order valence-electron chi connectivity index (χ1n) is 19.1. The fourth-order valence-electron chi connectivity index (χ4n) is 11.0. The summed E-state index contributed by atoms with van der Waals surface area (Å²) >= 11 is 0. The molecule has 4 aliphatic carbocycles. The zero-order valence-corrected chi connectivity index (χ0v) is 30.7. The van der Waals surface area contributed by atoms with Gasteiger partial charge in [0.2, 0.25) is 0 Å². The van der Waals surface area contributed by atoms with Gasteiger partial charge in [0.25, 0.3) is 10.1 Å². The second kappa shape index (κ2) is 14.2. The minimum atomic E-state index is -3.69. The molecule has 2 bridgehead atoms. The summed E-state index contributed by atoms with van der Waals surface area (Å²) in [6.07, 6.45) is 16.1. The molecule has 3 aromatic rings. The number of esters is 1. The van der Waals surface area contributed by atoms with Crippen molar-refractivity contribution >= 4 is 16.1 Å². The van der Waals surface area contributed by atoms with E-state index in [4.69, 9.17) is 8.92 Å². The Hall–Kier alpha value is -3.00. The summed E-state index contributed by atoms with van der Waals surface area (Å²) in [5, 5.41) is 12.0. The van der Waals surface area contributed by atoms with Gasteiger partial charge in [0, 0.05) is 5.41 Å². The Balaban J connectivity index is 0.943. The Morgan fingerprint density at radius 2 is 1.54 bits per heavy atom. The first-order chi connectivity index (χ1) is 24.1. The Morgan fingerprint density at radius 1 is 0.860 bits per heavy atom. The van der Waals surface area contributed by atoms with Crippen LogP contribution >= 0.6 is 0 Å². The van der Waals surface area contributed by atoms with Crippen molar-refractivity contribution in [3.63, 3.8) is 0 Å². The van der Waals surface area contributed by atoms with Gasteiger partial charge in [0.05, 0.1) is 22.7 Å². The average Bonchev–Trinajstić information content (AvgIpc) is 3.48. The van der Waals surface area contributed by atoms with Crippen molar-refractivity contribution in [2.24, 2.45) is 22.7 Å². The minimum absolute atomic E-state index is 0.0104. The number of ether oxygens (including phenoxy) is 1. The maximum Gasteiger partial charge on any atom is 0.343 e. The van der Waals surface area contributed by atoms with Gasteiger partial charge in [0.15, 0.2) is 0 Å². The van der Waals surface area contributed by atoms with E-state index >= 15 is 0 Å². The number of rotatable bonds is 14. The van der Waals surface area contributed by atoms with Gasteiger partial charge >= 0.3 is 5.97 Å². The SMILES string of the molecule is Cc1ccc(S(=O)(=O)OCCCCCCCCC[C@H]2C[C@]3(C)C4(O)CCC3(CC4)[C@@H]3CCc4cc(OC(=O)c5ccccc5)ccc4[C@@H]23)cc1. The number of hydrogen-bond acceptors (Lipinski definition) is 6. The zero-order valence-electron chi connectivity index (χ0n) is 29.9. The van der Waals surface area contributed by atoms with Crippen LogP contribution < -0.4 is 4.74 Å². The molecule has 0 heterocycles. The number of aliphatic hydroxyl groups is 1. The maximum absolute atomic E-state index is 12.8. The van der Waals surface area contributed by atoms with Crippen LogP contribution in [-0.2, 0) is 20.7 Å². The highest BCUT2D eigenvalue weighted by atomic mass is 32.2. The molecule has 0 radical (unpaired) electrons. The van der Waals surface area contributed by atoms with Crippen LogP contribution in [0.4, 0.5) is 0 Å². The van der Waals surface area contributed by atoms with E-state index in [0.29, 0.717) is 29.1 Å². The fraction of sp³-hybridized carbons (Fsp3) is 0.558. The molecule has 0 saturated heterocycles. The van der Waals surface area contributed by atoms with Crippen molar-refractivity contribution in [3.05, 3.63) is 95.1 Å². The summed E-state index contributed by atoms with van der Waals surface area (Å²) in [7, 11) is -3.69. The number of hydrogen-bond donors (Lipinski definition) is 1. The van der Waals surface area contributed by atoms with Crippen LogP contribution in [0.15, 0.2) is 77.7 Å². The molecule has 1 N–H and O–H groups in total. The van der Waals surface area contributed by atoms with Crippen molar-refractivity contribution in [1.29, 1.82) is 0 Å². The van der Waals surface area contributed by atoms with E-state index in [9.17, 15) is 18.3 Å². The quantitative estimate of drug-likeness (QED) is 0.0781. The van der Waals surface area contributed by atoms with E-state index in [-0.39, 0.29) is 28.3 Å². The highest BCUT2D eigenvalue weighted by Gasteiger charge is 2.74. The third kappa shape index (κ3) is 6.47. The van der Waals surface area contributed by atoms with Crippen LogP contribution in [0, 0.1) is 29.6 Å². The lowest BCUT2D eigenvalue weighted by Gasteiger charge is -2.59. The van der Waals surface area contributed by atoms with E-state index in [1.807, 2.05) is 31.2 Å². The summed E-state index contributed by atoms with van der Waals surface area (Å²) in [4.78, 5) is 13.0. The number of carbonyl (C=O) groups excluding carboxylic acids is 1. The van der Waals surface area contributed by atoms with Crippen molar-refractivity contribution in [2.75, 3.05) is 6.61 Å². The summed E-state index contributed by atoms with van der Waals surface area (Å²) in [5.41, 5.74) is 4.06. The summed E-state index contributed by atoms with van der Waals surface area (Å²) in [5.74, 6) is 1.92. The van der Waals surface area contributed by atoms with E-state index in [1.54, 1.807) is 36.4 Å². The van der Waals surface area contributed by atoms with Crippen LogP contribution in [0.1, 0.15) is 130 Å². The Labute approximate surface area is 299 Å². The molecule has 0 unspecified atom stereocenters. The molecule has 4 aliphatic rings. The summed E-state index contributed by atoms with van der Waals surface area (Å²) in [6.45, 7) is 4.60. The van der Waals surface area contributed by atoms with Crippen molar-refractivity contribution in [3.8, 4) is 5.75 Å². The second-order valence-corrected chi connectivity index (χ2v) is 17.7. The zero-order chi connectivity index (χ0) is 35.0. The lowest BCUT2D eigenvalue weighted by Crippen LogP contribution is -2.54. The van der Waals surface area contributed by atoms with Crippen molar-refractivity contribution in [1.82, 2.24) is 0 Å². The van der Waals surface area contributed by atoms with Crippen LogP contribution in [0.25, 0.3) is 0 Å². The molecule has 6 nitrogen and oxygen atoms in total. The van der Waals surface area contributed by atoms with Gasteiger partial charge in [-0.2, -0.15) is 8.42 Å². The third-order valence-corrected chi connectivity index (χ3v) is 14.9. The van der Waals surface area contributed by atoms with Crippen LogP contribution in [0.2, 0.25) is 0 Å². The highest BCUT2D eigenvalue weighted by molar-refractivity contribution is 7.86. The maximum atomic E-state index is 12.8. The average molecular weight is 699 g/mol. The molecule has 0 spiro atoms. The molecule has 3 aromatic carbocycles. The summed E-state index contributed by atoms with van der Waals surface area (Å²) in [6, 6.07) is 22.4. The van der Waals surface area contributed by atoms with Gasteiger partial charge in [-0.25, -0.2) is 4.79 Å². The number of unbranched alkanes of at least 4 members (excludes halogenated alkanes) is 6. The molecule has 0 aromatic heterocycles. The standard InChI is InChI=1S/C43H54O6S/c1-31-16-20-36(21-17-31)50(46,47)48-28-12-7-5-3-4-6-9-15-34-30-41(2)42(24-26-43(41,45)27-25-42)38-23-18-33-29-35(19-22-37(33)39(34)38)49-40(44)32-13-10-8-11-14-32/h8,10-11,13-14,16-17,19-22,29,34,38-39,45H,3-7,9,12,15,18,23-28,30H2,1-2H3/t34-,38+,39+,41-,42?,43?/m0/s1. The number of carbonyl (C=O) groups is 1. The number of aryl methyl sites for hydroxylation is 2. The summed E-state index contributed by atoms with van der Waals surface area (Å²) < 4.78 is 36.0. The van der Waals surface area contributed by atoms with Crippen molar-refractivity contribution in [2.45, 2.75) is 127 Å². The predicted molar refractivity (Wildman–Crippen MR) is 196 cm³/mol. The molecule has 4 atom stereocenters. The molecule has 0 amide bonds. The van der Waals surface area contributed by atoms with Crippen LogP contribution in [0.5, 0.6) is 5.75 Å². The van der Waals surface area contributed by atoms with Gasteiger partial charge in [-0.1, -0.05) is 87.4 Å². The Kier molecular flexibility index (Phi) is 10.1. The monoisotopic (exact) mass is 698 g/mol. The van der Waals surface area contributed by atoms with E-state index in [0.717, 1.165) is 76.2 Å². The highest BCUT2D eigenvalue weighted by Crippen LogP contribution is 2.78. The molecule has 7 heteroatoms. The number of benzene rings is 3. The van der Waals surface area contributed by atoms with Crippen LogP contribution in [0.3, 0.4) is 0 Å². The molecular formula is C43H54O6S.